The van der Waals surface area contributed by atoms with E-state index in [0.29, 0.717) is 22.2 Å². The molecule has 0 aliphatic carbocycles. The predicted octanol–water partition coefficient (Wildman–Crippen LogP) is 2.80. The van der Waals surface area contributed by atoms with Crippen LogP contribution in [-0.4, -0.2) is 20.7 Å². The summed E-state index contributed by atoms with van der Waals surface area (Å²) in [6.45, 7) is 1.76. The van der Waals surface area contributed by atoms with E-state index in [0.717, 1.165) is 5.52 Å². The molecule has 0 unspecified atom stereocenters. The summed E-state index contributed by atoms with van der Waals surface area (Å²) in [5.74, 6) is -0.975. The lowest BCUT2D eigenvalue weighted by atomic mass is 10.1. The Morgan fingerprint density at radius 3 is 2.65 bits per heavy atom. The molecular weight excluding hydrogens is 294 g/mol. The van der Waals surface area contributed by atoms with Crippen LogP contribution in [0.5, 0.6) is 5.75 Å². The molecule has 0 radical (unpaired) electrons. The van der Waals surface area contributed by atoms with Crippen LogP contribution < -0.4 is 5.73 Å². The van der Waals surface area contributed by atoms with Crippen molar-refractivity contribution in [1.29, 1.82) is 5.26 Å². The van der Waals surface area contributed by atoms with Gasteiger partial charge < -0.3 is 20.5 Å². The predicted molar refractivity (Wildman–Crippen MR) is 85.8 cm³/mol. The molecule has 2 aromatic carbocycles. The molecule has 1 heterocycles. The minimum atomic E-state index is -1.09. The van der Waals surface area contributed by atoms with Gasteiger partial charge in [0, 0.05) is 23.0 Å². The molecule has 114 valence electrons. The van der Waals surface area contributed by atoms with Crippen molar-refractivity contribution in [2.24, 2.45) is 0 Å². The molecule has 3 rings (SSSR count). The highest BCUT2D eigenvalue weighted by Gasteiger charge is 2.14. The van der Waals surface area contributed by atoms with E-state index in [1.807, 2.05) is 0 Å². The van der Waals surface area contributed by atoms with E-state index in [2.05, 4.69) is 6.07 Å². The van der Waals surface area contributed by atoms with Gasteiger partial charge >= 0.3 is 5.97 Å². The number of carboxylic acid groups (broad SMARTS) is 1. The van der Waals surface area contributed by atoms with E-state index < -0.39 is 5.97 Å². The van der Waals surface area contributed by atoms with E-state index in [9.17, 15) is 15.2 Å². The van der Waals surface area contributed by atoms with Crippen LogP contribution in [0.4, 0.5) is 5.69 Å². The molecule has 23 heavy (non-hydrogen) atoms. The maximum Gasteiger partial charge on any atom is 0.337 e. The minimum Gasteiger partial charge on any atom is -0.508 e. The van der Waals surface area contributed by atoms with E-state index in [4.69, 9.17) is 10.8 Å². The van der Waals surface area contributed by atoms with E-state index in [-0.39, 0.29) is 17.0 Å². The van der Waals surface area contributed by atoms with Crippen molar-refractivity contribution in [3.05, 3.63) is 53.2 Å². The fourth-order valence-electron chi connectivity index (χ4n) is 2.56. The molecule has 0 aliphatic rings. The van der Waals surface area contributed by atoms with Gasteiger partial charge in [-0.05, 0) is 42.8 Å². The Bertz CT molecular complexity index is 996. The second kappa shape index (κ2) is 5.07. The molecule has 1 aromatic heterocycles. The van der Waals surface area contributed by atoms with E-state index >= 15 is 0 Å². The lowest BCUT2D eigenvalue weighted by Crippen LogP contribution is -2.03. The number of aromatic hydroxyl groups is 1. The van der Waals surface area contributed by atoms with Crippen LogP contribution in [0.15, 0.2) is 36.5 Å². The number of phenols is 1. The molecule has 0 spiro atoms. The van der Waals surface area contributed by atoms with Gasteiger partial charge in [-0.3, -0.25) is 0 Å². The molecule has 6 nitrogen and oxygen atoms in total. The number of nitrogen functional groups attached to an aromatic ring is 1. The average Bonchev–Trinajstić information content (AvgIpc) is 2.85. The molecule has 0 aliphatic heterocycles. The number of aromatic carboxylic acids is 1. The molecule has 0 fully saturated rings. The highest BCUT2D eigenvalue weighted by atomic mass is 16.4. The van der Waals surface area contributed by atoms with Crippen molar-refractivity contribution in [3.8, 4) is 17.5 Å². The van der Waals surface area contributed by atoms with Crippen LogP contribution in [0.2, 0.25) is 0 Å². The first-order chi connectivity index (χ1) is 10.9. The average molecular weight is 307 g/mol. The number of aryl methyl sites for hydroxylation is 1. The molecule has 0 amide bonds. The number of hydrogen-bond acceptors (Lipinski definition) is 4. The summed E-state index contributed by atoms with van der Waals surface area (Å²) in [7, 11) is 0. The number of nitrogens with two attached hydrogens (primary N) is 1. The number of aromatic nitrogens is 1. The number of nitrogens with zero attached hydrogens (tertiary/aromatic N) is 2. The summed E-state index contributed by atoms with van der Waals surface area (Å²) in [5.41, 5.74) is 8.44. The Morgan fingerprint density at radius 2 is 2.04 bits per heavy atom. The number of nitriles is 1. The van der Waals surface area contributed by atoms with Crippen molar-refractivity contribution in [1.82, 2.24) is 4.57 Å². The van der Waals surface area contributed by atoms with Gasteiger partial charge in [-0.2, -0.15) is 5.26 Å². The van der Waals surface area contributed by atoms with E-state index in [1.54, 1.807) is 42.0 Å². The largest absolute Gasteiger partial charge is 0.508 e. The van der Waals surface area contributed by atoms with Crippen LogP contribution >= 0.6 is 0 Å². The summed E-state index contributed by atoms with van der Waals surface area (Å²) in [6.07, 6.45) is 1.64. The van der Waals surface area contributed by atoms with Crippen LogP contribution in [-0.2, 0) is 0 Å². The van der Waals surface area contributed by atoms with Crippen molar-refractivity contribution < 1.29 is 15.0 Å². The fourth-order valence-corrected chi connectivity index (χ4v) is 2.56. The van der Waals surface area contributed by atoms with Crippen molar-refractivity contribution in [3.63, 3.8) is 0 Å². The first-order valence-corrected chi connectivity index (χ1v) is 6.80. The second-order valence-corrected chi connectivity index (χ2v) is 5.26. The van der Waals surface area contributed by atoms with Crippen LogP contribution in [0, 0.1) is 18.3 Å². The van der Waals surface area contributed by atoms with Gasteiger partial charge in [-0.25, -0.2) is 4.79 Å². The third-order valence-electron chi connectivity index (χ3n) is 3.79. The lowest BCUT2D eigenvalue weighted by Gasteiger charge is -2.09. The van der Waals surface area contributed by atoms with Gasteiger partial charge in [0.1, 0.15) is 11.8 Å². The maximum atomic E-state index is 11.1. The topological polar surface area (TPSA) is 112 Å². The van der Waals surface area contributed by atoms with Crippen LogP contribution in [0.3, 0.4) is 0 Å². The zero-order chi connectivity index (χ0) is 16.7. The van der Waals surface area contributed by atoms with Crippen molar-refractivity contribution >= 4 is 22.6 Å². The normalized spacial score (nSPS) is 10.6. The highest BCUT2D eigenvalue weighted by Crippen LogP contribution is 2.31. The van der Waals surface area contributed by atoms with Crippen LogP contribution in [0.1, 0.15) is 21.5 Å². The first-order valence-electron chi connectivity index (χ1n) is 6.80. The first kappa shape index (κ1) is 14.5. The summed E-state index contributed by atoms with van der Waals surface area (Å²) in [5, 5.41) is 28.8. The van der Waals surface area contributed by atoms with Crippen molar-refractivity contribution in [2.45, 2.75) is 6.92 Å². The Hall–Kier alpha value is -3.46. The summed E-state index contributed by atoms with van der Waals surface area (Å²) in [4.78, 5) is 11.1. The van der Waals surface area contributed by atoms with Crippen molar-refractivity contribution in [2.75, 3.05) is 5.73 Å². The molecule has 0 saturated heterocycles. The number of benzene rings is 2. The highest BCUT2D eigenvalue weighted by molar-refractivity contribution is 5.95. The number of anilines is 1. The third-order valence-corrected chi connectivity index (χ3v) is 3.79. The smallest absolute Gasteiger partial charge is 0.337 e. The fraction of sp³-hybridized carbons (Fsp3) is 0.0588. The number of fused-ring (bicyclic) bond motifs is 1. The number of hydrogen-bond donors (Lipinski definition) is 3. The van der Waals surface area contributed by atoms with E-state index in [1.165, 1.54) is 6.07 Å². The Labute approximate surface area is 131 Å². The third kappa shape index (κ3) is 2.24. The molecular formula is C17H13N3O3. The molecule has 0 saturated carbocycles. The number of carbonyl (C=O) groups is 1. The molecule has 4 N–H and O–H groups in total. The Morgan fingerprint density at radius 1 is 1.30 bits per heavy atom. The minimum absolute atomic E-state index is 0.0274. The summed E-state index contributed by atoms with van der Waals surface area (Å²) < 4.78 is 1.75. The molecule has 0 atom stereocenters. The second-order valence-electron chi connectivity index (χ2n) is 5.26. The lowest BCUT2D eigenvalue weighted by molar-refractivity contribution is 0.0698. The molecule has 6 heteroatoms. The quantitative estimate of drug-likeness (QED) is 0.630. The van der Waals surface area contributed by atoms with Gasteiger partial charge in [-0.1, -0.05) is 0 Å². The standard InChI is InChI=1S/C17H13N3O3/c1-9-4-15-13(6-16(9)21)10(7-18)8-20(15)11-2-3-12(17(22)23)14(19)5-11/h2-6,8,21H,19H2,1H3,(H,22,23). The maximum absolute atomic E-state index is 11.1. The summed E-state index contributed by atoms with van der Waals surface area (Å²) >= 11 is 0. The zero-order valence-electron chi connectivity index (χ0n) is 12.2. The van der Waals surface area contributed by atoms with Gasteiger partial charge in [0.15, 0.2) is 0 Å². The zero-order valence-corrected chi connectivity index (χ0v) is 12.2. The Balaban J connectivity index is 2.29. The summed E-state index contributed by atoms with van der Waals surface area (Å²) in [6, 6.07) is 10.0. The van der Waals surface area contributed by atoms with Crippen LogP contribution in [0.25, 0.3) is 16.6 Å². The Kier molecular flexibility index (Phi) is 3.19. The van der Waals surface area contributed by atoms with Gasteiger partial charge in [-0.15, -0.1) is 0 Å². The van der Waals surface area contributed by atoms with Gasteiger partial charge in [0.25, 0.3) is 0 Å². The van der Waals surface area contributed by atoms with Gasteiger partial charge in [0.2, 0.25) is 0 Å². The monoisotopic (exact) mass is 307 g/mol. The molecule has 3 aromatic rings. The van der Waals surface area contributed by atoms with Gasteiger partial charge in [0.05, 0.1) is 16.6 Å². The molecule has 0 bridgehead atoms. The number of rotatable bonds is 2. The number of carboxylic acids is 1. The number of phenolic OH excluding ortho intramolecular Hbond substituents is 1. The SMILES string of the molecule is Cc1cc2c(cc1O)c(C#N)cn2-c1ccc(C(=O)O)c(N)c1.